The van der Waals surface area contributed by atoms with Crippen LogP contribution in [-0.2, 0) is 25.2 Å². The van der Waals surface area contributed by atoms with Crippen LogP contribution in [0.1, 0.15) is 90.1 Å². The molecule has 1 aromatic carbocycles. The lowest BCUT2D eigenvalue weighted by molar-refractivity contribution is -0.199. The summed E-state index contributed by atoms with van der Waals surface area (Å²) < 4.78 is 73.0. The van der Waals surface area contributed by atoms with Gasteiger partial charge >= 0.3 is 19.2 Å². The predicted molar refractivity (Wildman–Crippen MR) is 142 cm³/mol. The highest BCUT2D eigenvalue weighted by Gasteiger charge is 2.68. The second-order valence-electron chi connectivity index (χ2n) is 12.7. The first-order valence-electron chi connectivity index (χ1n) is 13.8. The number of hydrogen-bond donors (Lipinski definition) is 0. The number of halogens is 4. The lowest BCUT2D eigenvalue weighted by atomic mass is 9.43. The van der Waals surface area contributed by atoms with Crippen molar-refractivity contribution in [2.45, 2.75) is 103 Å². The molecule has 1 heterocycles. The zero-order valence-electron chi connectivity index (χ0n) is 24.0. The van der Waals surface area contributed by atoms with Gasteiger partial charge in [-0.1, -0.05) is 27.2 Å². The Morgan fingerprint density at radius 2 is 1.80 bits per heavy atom. The van der Waals surface area contributed by atoms with E-state index in [1.54, 1.807) is 20.8 Å². The number of unbranched alkanes of at least 4 members (excludes halogenated alkanes) is 1. The second-order valence-corrected chi connectivity index (χ2v) is 13.3. The molecule has 4 aliphatic rings. The molecule has 0 aromatic heterocycles. The Morgan fingerprint density at radius 1 is 1.12 bits per heavy atom. The van der Waals surface area contributed by atoms with E-state index in [1.165, 1.54) is 0 Å². The van der Waals surface area contributed by atoms with Gasteiger partial charge in [-0.25, -0.2) is 22.8 Å². The van der Waals surface area contributed by atoms with Crippen LogP contribution >= 0.6 is 11.6 Å². The summed E-state index contributed by atoms with van der Waals surface area (Å²) in [7, 11) is -1.01. The Kier molecular flexibility index (Phi) is 8.53. The van der Waals surface area contributed by atoms with E-state index in [1.807, 2.05) is 13.8 Å². The van der Waals surface area contributed by atoms with Gasteiger partial charge in [0, 0.05) is 5.56 Å². The Balaban J connectivity index is 1.67. The fourth-order valence-corrected chi connectivity index (χ4v) is 6.51. The second kappa shape index (κ2) is 11.0. The Hall–Kier alpha value is -1.98. The van der Waals surface area contributed by atoms with Crippen molar-refractivity contribution in [2.75, 3.05) is 6.61 Å². The lowest BCUT2D eigenvalue weighted by Crippen LogP contribution is -2.65. The fourth-order valence-electron chi connectivity index (χ4n) is 6.25. The Morgan fingerprint density at radius 3 is 2.40 bits per heavy atom. The highest BCUT2D eigenvalue weighted by atomic mass is 35.5. The maximum atomic E-state index is 15.3. The minimum atomic E-state index is -1.92. The zero-order chi connectivity index (χ0) is 29.8. The van der Waals surface area contributed by atoms with Crippen LogP contribution in [0, 0.1) is 34.7 Å². The fraction of sp³-hybridized carbons (Fsp3) is 0.714. The number of esters is 1. The quantitative estimate of drug-likeness (QED) is 0.0826. The van der Waals surface area contributed by atoms with Gasteiger partial charge in [-0.05, 0) is 70.6 Å². The molecule has 222 valence electrons. The molecule has 3 saturated carbocycles. The number of carbonyl (C=O) groups is 2. The predicted octanol–water partition coefficient (Wildman–Crippen LogP) is 6.79. The van der Waals surface area contributed by atoms with E-state index in [4.69, 9.17) is 35.1 Å². The van der Waals surface area contributed by atoms with E-state index in [2.05, 4.69) is 13.8 Å². The molecule has 0 amide bonds. The summed E-state index contributed by atoms with van der Waals surface area (Å²) in [5.41, 5.74) is -3.27. The topological polar surface area (TPSA) is 80.3 Å². The summed E-state index contributed by atoms with van der Waals surface area (Å²) in [6, 6.07) is 0. The molecule has 2 bridgehead atoms. The third-order valence-electron chi connectivity index (χ3n) is 8.54. The molecular weight excluding hydrogens is 552 g/mol. The lowest BCUT2D eigenvalue weighted by Gasteiger charge is -2.64. The molecule has 0 N–H and O–H groups in total. The normalized spacial score (nSPS) is 27.5. The Labute approximate surface area is 238 Å². The van der Waals surface area contributed by atoms with E-state index in [0.717, 1.165) is 12.8 Å². The van der Waals surface area contributed by atoms with Gasteiger partial charge in [-0.3, -0.25) is 0 Å². The van der Waals surface area contributed by atoms with Gasteiger partial charge in [-0.15, -0.1) is 11.6 Å². The molecule has 12 heteroatoms. The number of benzene rings is 1. The van der Waals surface area contributed by atoms with Gasteiger partial charge in [0.15, 0.2) is 23.2 Å². The molecule has 40 heavy (non-hydrogen) atoms. The van der Waals surface area contributed by atoms with E-state index in [0.29, 0.717) is 18.8 Å². The smallest absolute Gasteiger partial charge is 0.462 e. The largest absolute Gasteiger partial charge is 0.514 e. The van der Waals surface area contributed by atoms with Crippen molar-refractivity contribution in [3.8, 4) is 5.75 Å². The molecule has 0 radical (unpaired) electrons. The summed E-state index contributed by atoms with van der Waals surface area (Å²) >= 11 is 6.67. The van der Waals surface area contributed by atoms with Gasteiger partial charge in [0.2, 0.25) is 0 Å². The maximum absolute atomic E-state index is 15.3. The van der Waals surface area contributed by atoms with Crippen molar-refractivity contribution in [1.82, 2.24) is 0 Å². The van der Waals surface area contributed by atoms with E-state index >= 15 is 8.78 Å². The number of alkyl halides is 1. The monoisotopic (exact) mass is 588 g/mol. The van der Waals surface area contributed by atoms with E-state index in [9.17, 15) is 14.0 Å². The van der Waals surface area contributed by atoms with Gasteiger partial charge in [0.1, 0.15) is 11.2 Å². The molecule has 1 saturated heterocycles. The first-order chi connectivity index (χ1) is 18.5. The van der Waals surface area contributed by atoms with Crippen molar-refractivity contribution in [3.05, 3.63) is 28.6 Å². The van der Waals surface area contributed by atoms with Gasteiger partial charge in [0.05, 0.1) is 23.6 Å². The van der Waals surface area contributed by atoms with E-state index in [-0.39, 0.29) is 24.0 Å². The van der Waals surface area contributed by atoms with Crippen LogP contribution in [0.15, 0.2) is 0 Å². The third kappa shape index (κ3) is 5.58. The van der Waals surface area contributed by atoms with Crippen molar-refractivity contribution in [2.24, 2.45) is 17.3 Å². The molecule has 1 aromatic rings. The van der Waals surface area contributed by atoms with Crippen molar-refractivity contribution < 1.29 is 46.3 Å². The van der Waals surface area contributed by atoms with Crippen LogP contribution in [0.5, 0.6) is 5.75 Å². The van der Waals surface area contributed by atoms with E-state index < -0.39 is 76.5 Å². The molecule has 5 rings (SSSR count). The number of ether oxygens (including phenoxy) is 3. The van der Waals surface area contributed by atoms with Crippen LogP contribution in [0.2, 0.25) is 0 Å². The number of carbonyl (C=O) groups excluding carboxylic acids is 2. The van der Waals surface area contributed by atoms with Crippen molar-refractivity contribution in [1.29, 1.82) is 0 Å². The first kappa shape index (κ1) is 31.0. The minimum Gasteiger partial charge on any atom is -0.462 e. The molecule has 5 atom stereocenters. The highest BCUT2D eigenvalue weighted by Crippen LogP contribution is 2.65. The van der Waals surface area contributed by atoms with Gasteiger partial charge in [0.25, 0.3) is 0 Å². The van der Waals surface area contributed by atoms with Crippen molar-refractivity contribution >= 4 is 30.8 Å². The van der Waals surface area contributed by atoms with Gasteiger partial charge in [-0.2, -0.15) is 0 Å². The molecule has 4 fully saturated rings. The summed E-state index contributed by atoms with van der Waals surface area (Å²) in [5, 5.41) is -1.10. The Bertz CT molecular complexity index is 1170. The summed E-state index contributed by atoms with van der Waals surface area (Å²) in [6.07, 6.45) is 0.800. The zero-order valence-corrected chi connectivity index (χ0v) is 24.8. The SMILES string of the molecule is CCCCOC(=O)c1c(F)c(F)c(F)c(C[C@@H](Cl)B2OC3CC4CC(C4(C)C)[C@]3(C)O2)c1OC(=O)OC(C)(C)C. The minimum absolute atomic E-state index is 0.0684. The highest BCUT2D eigenvalue weighted by molar-refractivity contribution is 6.60. The maximum Gasteiger partial charge on any atom is 0.514 e. The number of hydrogen-bond acceptors (Lipinski definition) is 7. The van der Waals surface area contributed by atoms with Crippen molar-refractivity contribution in [3.63, 3.8) is 0 Å². The van der Waals surface area contributed by atoms with Crippen LogP contribution in [0.4, 0.5) is 18.0 Å². The molecule has 0 spiro atoms. The number of rotatable bonds is 8. The average molecular weight is 589 g/mol. The average Bonchev–Trinajstić information content (AvgIpc) is 3.21. The summed E-state index contributed by atoms with van der Waals surface area (Å²) in [5.74, 6) is -6.89. The molecule has 3 aliphatic carbocycles. The van der Waals surface area contributed by atoms with Crippen LogP contribution in [-0.4, -0.2) is 48.4 Å². The van der Waals surface area contributed by atoms with Gasteiger partial charge < -0.3 is 23.5 Å². The standard InChI is InChI=1S/C28H37BClF3O7/c1-8-9-10-36-24(34)19-21(32)22(33)20(31)15(23(19)37-25(35)38-26(2,3)4)13-18(30)29-39-17-12-14-11-16(27(14,5)6)28(17,7)40-29/h14,16-18H,8-13H2,1-7H3/t14?,16?,17?,18-,28+/m1/s1. The van der Waals surface area contributed by atoms with Crippen LogP contribution in [0.3, 0.4) is 0 Å². The molecular formula is C28H37BClF3O7. The van der Waals surface area contributed by atoms with Crippen LogP contribution < -0.4 is 4.74 Å². The summed E-state index contributed by atoms with van der Waals surface area (Å²) in [4.78, 5) is 25.4. The molecule has 3 unspecified atom stereocenters. The first-order valence-corrected chi connectivity index (χ1v) is 14.2. The third-order valence-corrected chi connectivity index (χ3v) is 8.90. The molecule has 1 aliphatic heterocycles. The summed E-state index contributed by atoms with van der Waals surface area (Å²) in [6.45, 7) is 12.8. The van der Waals surface area contributed by atoms with Crippen LogP contribution in [0.25, 0.3) is 0 Å². The molecule has 7 nitrogen and oxygen atoms in total.